The van der Waals surface area contributed by atoms with Crippen LogP contribution in [0.4, 0.5) is 0 Å². The first-order valence-electron chi connectivity index (χ1n) is 5.00. The second-order valence-electron chi connectivity index (χ2n) is 4.33. The van der Waals surface area contributed by atoms with E-state index < -0.39 is 0 Å². The van der Waals surface area contributed by atoms with Gasteiger partial charge in [0.15, 0.2) is 5.89 Å². The minimum Gasteiger partial charge on any atom is -0.444 e. The number of hydrogen-bond acceptors (Lipinski definition) is 4. The quantitative estimate of drug-likeness (QED) is 0.780. The van der Waals surface area contributed by atoms with E-state index in [1.807, 2.05) is 20.3 Å². The monoisotopic (exact) mass is 195 g/mol. The maximum atomic E-state index is 5.72. The minimum atomic E-state index is 0.351. The van der Waals surface area contributed by atoms with Gasteiger partial charge in [0.25, 0.3) is 0 Å². The van der Waals surface area contributed by atoms with Gasteiger partial charge in [0, 0.05) is 12.0 Å². The first-order valence-corrected chi connectivity index (χ1v) is 5.00. The Morgan fingerprint density at radius 1 is 1.57 bits per heavy atom. The molecule has 4 heteroatoms. The smallest absolute Gasteiger partial charge is 0.197 e. The lowest BCUT2D eigenvalue weighted by Gasteiger charge is -2.29. The van der Waals surface area contributed by atoms with Gasteiger partial charge < -0.3 is 15.1 Å². The first kappa shape index (κ1) is 9.68. The standard InChI is InChI=1S/C10H17N3O/c1-13(2)6-9-5-12-10(14-9)7-3-8(11)4-7/h5,7-8H,3-4,6,11H2,1-2H3/t7-,8-. The lowest BCUT2D eigenvalue weighted by atomic mass is 9.81. The van der Waals surface area contributed by atoms with Crippen molar-refractivity contribution in [3.63, 3.8) is 0 Å². The van der Waals surface area contributed by atoms with Gasteiger partial charge in [0.2, 0.25) is 0 Å². The molecule has 1 aromatic rings. The molecule has 1 aliphatic carbocycles. The first-order chi connectivity index (χ1) is 6.65. The number of aromatic nitrogens is 1. The van der Waals surface area contributed by atoms with Crippen LogP contribution in [0, 0.1) is 0 Å². The van der Waals surface area contributed by atoms with Crippen molar-refractivity contribution in [2.45, 2.75) is 31.3 Å². The second kappa shape index (κ2) is 3.71. The van der Waals surface area contributed by atoms with Crippen LogP contribution in [0.3, 0.4) is 0 Å². The van der Waals surface area contributed by atoms with Gasteiger partial charge in [0.1, 0.15) is 5.76 Å². The molecule has 78 valence electrons. The predicted octanol–water partition coefficient (Wildman–Crippen LogP) is 0.941. The molecule has 0 saturated heterocycles. The number of nitrogens with zero attached hydrogens (tertiary/aromatic N) is 2. The topological polar surface area (TPSA) is 55.3 Å². The van der Waals surface area contributed by atoms with E-state index in [1.165, 1.54) is 0 Å². The van der Waals surface area contributed by atoms with Crippen LogP contribution in [0.1, 0.15) is 30.4 Å². The average molecular weight is 195 g/mol. The zero-order chi connectivity index (χ0) is 10.1. The van der Waals surface area contributed by atoms with Crippen LogP contribution in [-0.4, -0.2) is 30.0 Å². The van der Waals surface area contributed by atoms with E-state index >= 15 is 0 Å². The molecule has 1 aliphatic rings. The highest BCUT2D eigenvalue weighted by Crippen LogP contribution is 2.35. The number of nitrogens with two attached hydrogens (primary N) is 1. The van der Waals surface area contributed by atoms with Crippen molar-refractivity contribution in [2.75, 3.05) is 14.1 Å². The molecule has 0 atom stereocenters. The molecule has 0 aromatic carbocycles. The summed E-state index contributed by atoms with van der Waals surface area (Å²) in [6, 6.07) is 0.351. The van der Waals surface area contributed by atoms with Crippen LogP contribution >= 0.6 is 0 Å². The predicted molar refractivity (Wildman–Crippen MR) is 53.8 cm³/mol. The van der Waals surface area contributed by atoms with E-state index in [9.17, 15) is 0 Å². The Hall–Kier alpha value is -0.870. The summed E-state index contributed by atoms with van der Waals surface area (Å²) in [4.78, 5) is 6.34. The summed E-state index contributed by atoms with van der Waals surface area (Å²) in [6.45, 7) is 0.811. The highest BCUT2D eigenvalue weighted by molar-refractivity contribution is 5.05. The van der Waals surface area contributed by atoms with Crippen molar-refractivity contribution in [1.82, 2.24) is 9.88 Å². The molecule has 4 nitrogen and oxygen atoms in total. The Kier molecular flexibility index (Phi) is 2.56. The normalized spacial score (nSPS) is 26.6. The van der Waals surface area contributed by atoms with Gasteiger partial charge in [-0.15, -0.1) is 0 Å². The Balaban J connectivity index is 1.96. The molecular weight excluding hydrogens is 178 g/mol. The van der Waals surface area contributed by atoms with E-state index in [0.717, 1.165) is 31.0 Å². The fraction of sp³-hybridized carbons (Fsp3) is 0.700. The highest BCUT2D eigenvalue weighted by atomic mass is 16.4. The van der Waals surface area contributed by atoms with Crippen LogP contribution in [0.5, 0.6) is 0 Å². The van der Waals surface area contributed by atoms with E-state index in [1.54, 1.807) is 0 Å². The van der Waals surface area contributed by atoms with E-state index in [2.05, 4.69) is 9.88 Å². The Morgan fingerprint density at radius 2 is 2.29 bits per heavy atom. The lowest BCUT2D eigenvalue weighted by molar-refractivity contribution is 0.274. The van der Waals surface area contributed by atoms with Crippen molar-refractivity contribution >= 4 is 0 Å². The van der Waals surface area contributed by atoms with Crippen molar-refractivity contribution in [3.8, 4) is 0 Å². The highest BCUT2D eigenvalue weighted by Gasteiger charge is 2.30. The summed E-state index contributed by atoms with van der Waals surface area (Å²) in [5.41, 5.74) is 5.72. The van der Waals surface area contributed by atoms with Gasteiger partial charge >= 0.3 is 0 Å². The summed E-state index contributed by atoms with van der Waals surface area (Å²) in [6.07, 6.45) is 3.85. The maximum absolute atomic E-state index is 5.72. The molecule has 0 bridgehead atoms. The van der Waals surface area contributed by atoms with Gasteiger partial charge in [-0.1, -0.05) is 0 Å². The van der Waals surface area contributed by atoms with E-state index in [-0.39, 0.29) is 0 Å². The fourth-order valence-corrected chi connectivity index (χ4v) is 1.76. The summed E-state index contributed by atoms with van der Waals surface area (Å²) >= 11 is 0. The van der Waals surface area contributed by atoms with Gasteiger partial charge in [-0.05, 0) is 26.9 Å². The van der Waals surface area contributed by atoms with E-state index in [4.69, 9.17) is 10.2 Å². The van der Waals surface area contributed by atoms with Gasteiger partial charge in [0.05, 0.1) is 12.7 Å². The summed E-state index contributed by atoms with van der Waals surface area (Å²) < 4.78 is 5.64. The summed E-state index contributed by atoms with van der Waals surface area (Å²) in [5.74, 6) is 2.26. The van der Waals surface area contributed by atoms with Crippen LogP contribution in [0.25, 0.3) is 0 Å². The largest absolute Gasteiger partial charge is 0.444 e. The van der Waals surface area contributed by atoms with Crippen LogP contribution in [0.2, 0.25) is 0 Å². The van der Waals surface area contributed by atoms with Crippen molar-refractivity contribution in [2.24, 2.45) is 5.73 Å². The molecule has 1 heterocycles. The minimum absolute atomic E-state index is 0.351. The summed E-state index contributed by atoms with van der Waals surface area (Å²) in [5, 5.41) is 0. The van der Waals surface area contributed by atoms with Crippen molar-refractivity contribution in [3.05, 3.63) is 17.8 Å². The molecule has 1 saturated carbocycles. The SMILES string of the molecule is CN(C)Cc1cnc([C@H]2C[C@H](N)C2)o1. The fourth-order valence-electron chi connectivity index (χ4n) is 1.76. The number of oxazole rings is 1. The Bertz CT molecular complexity index is 302. The molecule has 14 heavy (non-hydrogen) atoms. The van der Waals surface area contributed by atoms with Crippen molar-refractivity contribution in [1.29, 1.82) is 0 Å². The third-order valence-corrected chi connectivity index (χ3v) is 2.57. The van der Waals surface area contributed by atoms with Gasteiger partial charge in [-0.2, -0.15) is 0 Å². The number of hydrogen-bond donors (Lipinski definition) is 1. The Morgan fingerprint density at radius 3 is 2.86 bits per heavy atom. The maximum Gasteiger partial charge on any atom is 0.197 e. The molecule has 0 unspecified atom stereocenters. The molecule has 0 amide bonds. The molecular formula is C10H17N3O. The third-order valence-electron chi connectivity index (χ3n) is 2.57. The molecule has 0 aliphatic heterocycles. The number of rotatable bonds is 3. The molecule has 1 fully saturated rings. The van der Waals surface area contributed by atoms with Gasteiger partial charge in [-0.3, -0.25) is 0 Å². The summed E-state index contributed by atoms with van der Waals surface area (Å²) in [7, 11) is 4.03. The zero-order valence-electron chi connectivity index (χ0n) is 8.73. The second-order valence-corrected chi connectivity index (χ2v) is 4.33. The van der Waals surface area contributed by atoms with E-state index in [0.29, 0.717) is 12.0 Å². The molecule has 0 spiro atoms. The van der Waals surface area contributed by atoms with Crippen LogP contribution in [-0.2, 0) is 6.54 Å². The zero-order valence-corrected chi connectivity index (χ0v) is 8.73. The van der Waals surface area contributed by atoms with Gasteiger partial charge in [-0.25, -0.2) is 4.98 Å². The van der Waals surface area contributed by atoms with Crippen LogP contribution < -0.4 is 5.73 Å². The Labute approximate surface area is 84.1 Å². The molecule has 2 rings (SSSR count). The van der Waals surface area contributed by atoms with Crippen LogP contribution in [0.15, 0.2) is 10.6 Å². The average Bonchev–Trinajstić information content (AvgIpc) is 2.46. The third kappa shape index (κ3) is 1.96. The molecule has 1 aromatic heterocycles. The van der Waals surface area contributed by atoms with Crippen molar-refractivity contribution < 1.29 is 4.42 Å². The molecule has 0 radical (unpaired) electrons. The lowest BCUT2D eigenvalue weighted by Crippen LogP contribution is -2.34. The molecule has 2 N–H and O–H groups in total.